The van der Waals surface area contributed by atoms with Crippen LogP contribution in [0, 0.1) is 17.8 Å². The standard InChI is InChI=1S/C13H24O2/c1-8(2)9-7-10(9)11-14-12(3,4)13(5,6)15-11/h8-11H,7H2,1-6H3/t9-,10-/m0/s1. The van der Waals surface area contributed by atoms with E-state index in [2.05, 4.69) is 41.5 Å². The summed E-state index contributed by atoms with van der Waals surface area (Å²) >= 11 is 0. The van der Waals surface area contributed by atoms with E-state index in [4.69, 9.17) is 9.47 Å². The van der Waals surface area contributed by atoms with Crippen molar-refractivity contribution < 1.29 is 9.47 Å². The molecule has 0 aromatic carbocycles. The molecule has 2 aliphatic rings. The van der Waals surface area contributed by atoms with Crippen LogP contribution in [0.25, 0.3) is 0 Å². The summed E-state index contributed by atoms with van der Waals surface area (Å²) in [5.74, 6) is 2.19. The van der Waals surface area contributed by atoms with Crippen molar-refractivity contribution >= 4 is 0 Å². The maximum Gasteiger partial charge on any atom is 0.162 e. The Hall–Kier alpha value is -0.0800. The van der Waals surface area contributed by atoms with E-state index in [1.54, 1.807) is 0 Å². The molecule has 1 aliphatic carbocycles. The average molecular weight is 212 g/mol. The zero-order valence-electron chi connectivity index (χ0n) is 10.8. The topological polar surface area (TPSA) is 18.5 Å². The molecular weight excluding hydrogens is 188 g/mol. The first-order chi connectivity index (χ1) is 6.74. The molecule has 2 heteroatoms. The van der Waals surface area contributed by atoms with Gasteiger partial charge in [-0.05, 0) is 46.0 Å². The van der Waals surface area contributed by atoms with Gasteiger partial charge in [0.2, 0.25) is 0 Å². The van der Waals surface area contributed by atoms with Gasteiger partial charge in [-0.1, -0.05) is 13.8 Å². The van der Waals surface area contributed by atoms with Crippen molar-refractivity contribution in [2.75, 3.05) is 0 Å². The van der Waals surface area contributed by atoms with Gasteiger partial charge in [-0.25, -0.2) is 0 Å². The minimum absolute atomic E-state index is 0.0300. The SMILES string of the molecule is CC(C)[C@@H]1C[C@@H]1C1OC(C)(C)C(C)(C)O1. The largest absolute Gasteiger partial charge is 0.343 e. The van der Waals surface area contributed by atoms with Crippen LogP contribution in [0.2, 0.25) is 0 Å². The highest BCUT2D eigenvalue weighted by molar-refractivity contribution is 5.00. The van der Waals surface area contributed by atoms with E-state index in [1.165, 1.54) is 6.42 Å². The Morgan fingerprint density at radius 1 is 1.00 bits per heavy atom. The first-order valence-electron chi connectivity index (χ1n) is 6.10. The predicted octanol–water partition coefficient (Wildman–Crippen LogP) is 3.21. The Balaban J connectivity index is 2.00. The van der Waals surface area contributed by atoms with Gasteiger partial charge in [0.05, 0.1) is 11.2 Å². The van der Waals surface area contributed by atoms with Crippen LogP contribution in [-0.4, -0.2) is 17.5 Å². The molecule has 0 aromatic heterocycles. The average Bonchev–Trinajstić information content (AvgIpc) is 2.75. The van der Waals surface area contributed by atoms with Crippen LogP contribution >= 0.6 is 0 Å². The van der Waals surface area contributed by atoms with Gasteiger partial charge >= 0.3 is 0 Å². The number of rotatable bonds is 2. The van der Waals surface area contributed by atoms with Crippen molar-refractivity contribution in [1.29, 1.82) is 0 Å². The fourth-order valence-electron chi connectivity index (χ4n) is 2.38. The monoisotopic (exact) mass is 212 g/mol. The van der Waals surface area contributed by atoms with Crippen LogP contribution in [0.3, 0.4) is 0 Å². The lowest BCUT2D eigenvalue weighted by Crippen LogP contribution is -2.41. The van der Waals surface area contributed by atoms with Gasteiger partial charge in [-0.3, -0.25) is 0 Å². The lowest BCUT2D eigenvalue weighted by Gasteiger charge is -2.30. The zero-order valence-corrected chi connectivity index (χ0v) is 10.8. The summed E-state index contributed by atoms with van der Waals surface area (Å²) in [6.07, 6.45) is 1.30. The summed E-state index contributed by atoms with van der Waals surface area (Å²) in [7, 11) is 0. The summed E-state index contributed by atoms with van der Waals surface area (Å²) in [4.78, 5) is 0. The quantitative estimate of drug-likeness (QED) is 0.699. The molecule has 0 aromatic rings. The minimum atomic E-state index is -0.165. The van der Waals surface area contributed by atoms with Crippen LogP contribution in [0.5, 0.6) is 0 Å². The van der Waals surface area contributed by atoms with Crippen LogP contribution < -0.4 is 0 Å². The molecule has 0 spiro atoms. The van der Waals surface area contributed by atoms with Gasteiger partial charge in [0, 0.05) is 5.92 Å². The maximum atomic E-state index is 6.05. The minimum Gasteiger partial charge on any atom is -0.343 e. The van der Waals surface area contributed by atoms with Crippen molar-refractivity contribution in [3.63, 3.8) is 0 Å². The molecule has 1 heterocycles. The molecule has 2 rings (SSSR count). The normalized spacial score (nSPS) is 38.6. The van der Waals surface area contributed by atoms with E-state index >= 15 is 0 Å². The second-order valence-electron chi connectivity index (χ2n) is 6.43. The molecule has 15 heavy (non-hydrogen) atoms. The van der Waals surface area contributed by atoms with Gasteiger partial charge < -0.3 is 9.47 Å². The van der Waals surface area contributed by atoms with Crippen LogP contribution in [0.15, 0.2) is 0 Å². The first kappa shape index (κ1) is 11.4. The molecule has 2 nitrogen and oxygen atoms in total. The summed E-state index contributed by atoms with van der Waals surface area (Å²) in [5.41, 5.74) is -0.330. The lowest BCUT2D eigenvalue weighted by molar-refractivity contribution is -0.104. The Kier molecular flexibility index (Phi) is 2.44. The molecule has 0 radical (unpaired) electrons. The molecule has 1 saturated carbocycles. The van der Waals surface area contributed by atoms with E-state index < -0.39 is 0 Å². The number of hydrogen-bond acceptors (Lipinski definition) is 2. The van der Waals surface area contributed by atoms with Crippen molar-refractivity contribution in [2.24, 2.45) is 17.8 Å². The summed E-state index contributed by atoms with van der Waals surface area (Å²) in [5, 5.41) is 0. The Bertz CT molecular complexity index is 239. The molecule has 2 fully saturated rings. The van der Waals surface area contributed by atoms with E-state index in [0.717, 1.165) is 11.8 Å². The van der Waals surface area contributed by atoms with Gasteiger partial charge in [-0.2, -0.15) is 0 Å². The van der Waals surface area contributed by atoms with Gasteiger partial charge in [0.15, 0.2) is 6.29 Å². The van der Waals surface area contributed by atoms with Crippen molar-refractivity contribution in [1.82, 2.24) is 0 Å². The Labute approximate surface area is 93.3 Å². The second-order valence-corrected chi connectivity index (χ2v) is 6.43. The third-order valence-electron chi connectivity index (χ3n) is 4.37. The van der Waals surface area contributed by atoms with E-state index in [9.17, 15) is 0 Å². The highest BCUT2D eigenvalue weighted by Gasteiger charge is 2.56. The molecule has 88 valence electrons. The fourth-order valence-corrected chi connectivity index (χ4v) is 2.38. The molecule has 0 amide bonds. The van der Waals surface area contributed by atoms with Gasteiger partial charge in [-0.15, -0.1) is 0 Å². The molecule has 1 saturated heterocycles. The predicted molar refractivity (Wildman–Crippen MR) is 60.6 cm³/mol. The molecule has 1 aliphatic heterocycles. The molecule has 0 bridgehead atoms. The summed E-state index contributed by atoms with van der Waals surface area (Å²) < 4.78 is 12.1. The summed E-state index contributed by atoms with van der Waals surface area (Å²) in [6, 6.07) is 0. The van der Waals surface area contributed by atoms with Crippen molar-refractivity contribution in [2.45, 2.75) is 65.5 Å². The van der Waals surface area contributed by atoms with Crippen molar-refractivity contribution in [3.05, 3.63) is 0 Å². The Morgan fingerprint density at radius 2 is 1.47 bits per heavy atom. The molecular formula is C13H24O2. The van der Waals surface area contributed by atoms with E-state index in [0.29, 0.717) is 5.92 Å². The fraction of sp³-hybridized carbons (Fsp3) is 1.00. The van der Waals surface area contributed by atoms with E-state index in [-0.39, 0.29) is 17.5 Å². The molecule has 2 atom stereocenters. The van der Waals surface area contributed by atoms with E-state index in [1.807, 2.05) is 0 Å². The third-order valence-corrected chi connectivity index (χ3v) is 4.37. The molecule has 0 unspecified atom stereocenters. The number of ether oxygens (including phenoxy) is 2. The zero-order chi connectivity index (χ0) is 11.4. The third kappa shape index (κ3) is 1.83. The first-order valence-corrected chi connectivity index (χ1v) is 6.10. The Morgan fingerprint density at radius 3 is 1.80 bits per heavy atom. The maximum absolute atomic E-state index is 6.05. The summed E-state index contributed by atoms with van der Waals surface area (Å²) in [6.45, 7) is 13.1. The highest BCUT2D eigenvalue weighted by Crippen LogP contribution is 2.53. The van der Waals surface area contributed by atoms with Crippen LogP contribution in [-0.2, 0) is 9.47 Å². The van der Waals surface area contributed by atoms with Gasteiger partial charge in [0.1, 0.15) is 0 Å². The van der Waals surface area contributed by atoms with Crippen molar-refractivity contribution in [3.8, 4) is 0 Å². The molecule has 0 N–H and O–H groups in total. The smallest absolute Gasteiger partial charge is 0.162 e. The lowest BCUT2D eigenvalue weighted by atomic mass is 9.90. The number of hydrogen-bond donors (Lipinski definition) is 0. The van der Waals surface area contributed by atoms with Crippen LogP contribution in [0.1, 0.15) is 48.0 Å². The highest BCUT2D eigenvalue weighted by atomic mass is 16.7. The second kappa shape index (κ2) is 3.21. The van der Waals surface area contributed by atoms with Gasteiger partial charge in [0.25, 0.3) is 0 Å². The van der Waals surface area contributed by atoms with Crippen LogP contribution in [0.4, 0.5) is 0 Å².